The minimum absolute atomic E-state index is 0.0160. The SMILES string of the molecule is COc1nc(OC)nc(C2C(=O)N(S(=O)(=O)CC=CC(F)F)c3c(Cl)cccc32)n1. The highest BCUT2D eigenvalue weighted by Gasteiger charge is 2.47. The number of hydrogen-bond acceptors (Lipinski definition) is 8. The monoisotopic (exact) mass is 460 g/mol. The van der Waals surface area contributed by atoms with Gasteiger partial charge in [-0.25, -0.2) is 21.5 Å². The summed E-state index contributed by atoms with van der Waals surface area (Å²) in [5.41, 5.74) is 0.141. The Morgan fingerprint density at radius 3 is 2.40 bits per heavy atom. The molecule has 1 aliphatic heterocycles. The fourth-order valence-corrected chi connectivity index (χ4v) is 4.57. The zero-order valence-electron chi connectivity index (χ0n) is 15.6. The van der Waals surface area contributed by atoms with Gasteiger partial charge in [-0.2, -0.15) is 9.97 Å². The van der Waals surface area contributed by atoms with Crippen molar-refractivity contribution in [2.24, 2.45) is 0 Å². The van der Waals surface area contributed by atoms with Crippen molar-refractivity contribution in [3.8, 4) is 12.0 Å². The molecule has 1 aromatic heterocycles. The number of carbonyl (C=O) groups excluding carboxylic acids is 1. The first-order chi connectivity index (χ1) is 14.2. The maximum atomic E-state index is 13.2. The summed E-state index contributed by atoms with van der Waals surface area (Å²) in [5, 5.41) is -0.0160. The fourth-order valence-electron chi connectivity index (χ4n) is 2.88. The van der Waals surface area contributed by atoms with Crippen molar-refractivity contribution in [1.29, 1.82) is 0 Å². The Balaban J connectivity index is 2.14. The van der Waals surface area contributed by atoms with Gasteiger partial charge in [0.25, 0.3) is 12.3 Å². The number of fused-ring (bicyclic) bond motifs is 1. The number of carbonyl (C=O) groups is 1. The molecule has 160 valence electrons. The number of para-hydroxylation sites is 1. The van der Waals surface area contributed by atoms with Crippen molar-refractivity contribution < 1.29 is 31.5 Å². The third kappa shape index (κ3) is 4.05. The smallest absolute Gasteiger partial charge is 0.322 e. The predicted molar refractivity (Wildman–Crippen MR) is 103 cm³/mol. The van der Waals surface area contributed by atoms with Gasteiger partial charge in [-0.15, -0.1) is 4.98 Å². The Kier molecular flexibility index (Phi) is 6.17. The minimum Gasteiger partial charge on any atom is -0.467 e. The lowest BCUT2D eigenvalue weighted by Crippen LogP contribution is -2.37. The number of ether oxygens (including phenoxy) is 2. The largest absolute Gasteiger partial charge is 0.467 e. The summed E-state index contributed by atoms with van der Waals surface area (Å²) in [5.74, 6) is -3.12. The van der Waals surface area contributed by atoms with Crippen molar-refractivity contribution in [2.75, 3.05) is 24.3 Å². The third-order valence-electron chi connectivity index (χ3n) is 4.08. The standard InChI is InChI=1S/C17H15ClF2N4O5S/c1-28-16-21-14(22-17(23-16)29-2)12-9-5-3-6-10(18)13(9)24(15(12)25)30(26,27)8-4-7-11(19)20/h3-7,11-12H,8H2,1-2H3. The Labute approximate surface area is 175 Å². The number of rotatable bonds is 7. The molecule has 1 aromatic carbocycles. The van der Waals surface area contributed by atoms with Crippen LogP contribution in [0.3, 0.4) is 0 Å². The molecule has 9 nitrogen and oxygen atoms in total. The topological polar surface area (TPSA) is 112 Å². The molecule has 1 aliphatic rings. The van der Waals surface area contributed by atoms with E-state index in [4.69, 9.17) is 21.1 Å². The van der Waals surface area contributed by atoms with E-state index in [2.05, 4.69) is 15.0 Å². The lowest BCUT2D eigenvalue weighted by Gasteiger charge is -2.18. The van der Waals surface area contributed by atoms with E-state index in [1.807, 2.05) is 0 Å². The number of nitrogens with zero attached hydrogens (tertiary/aromatic N) is 4. The maximum absolute atomic E-state index is 13.2. The van der Waals surface area contributed by atoms with E-state index in [1.165, 1.54) is 32.4 Å². The number of aromatic nitrogens is 3. The summed E-state index contributed by atoms with van der Waals surface area (Å²) in [6.45, 7) is 0. The molecule has 2 aromatic rings. The van der Waals surface area contributed by atoms with Crippen LogP contribution in [0.25, 0.3) is 0 Å². The molecule has 0 aliphatic carbocycles. The number of sulfonamides is 1. The van der Waals surface area contributed by atoms with E-state index in [9.17, 15) is 22.0 Å². The molecule has 13 heteroatoms. The van der Waals surface area contributed by atoms with Gasteiger partial charge in [-0.1, -0.05) is 29.8 Å². The zero-order chi connectivity index (χ0) is 22.1. The second kappa shape index (κ2) is 8.48. The van der Waals surface area contributed by atoms with Gasteiger partial charge in [-0.3, -0.25) is 4.79 Å². The summed E-state index contributed by atoms with van der Waals surface area (Å²) in [4.78, 5) is 25.1. The molecule has 1 unspecified atom stereocenters. The number of alkyl halides is 2. The van der Waals surface area contributed by atoms with Crippen LogP contribution >= 0.6 is 11.6 Å². The number of anilines is 1. The van der Waals surface area contributed by atoms with E-state index in [1.54, 1.807) is 0 Å². The predicted octanol–water partition coefficient (Wildman–Crippen LogP) is 2.17. The lowest BCUT2D eigenvalue weighted by atomic mass is 10.00. The lowest BCUT2D eigenvalue weighted by molar-refractivity contribution is -0.117. The first-order valence-corrected chi connectivity index (χ1v) is 10.3. The van der Waals surface area contributed by atoms with Crippen molar-refractivity contribution in [1.82, 2.24) is 15.0 Å². The number of benzene rings is 1. The van der Waals surface area contributed by atoms with Crippen molar-refractivity contribution in [2.45, 2.75) is 12.3 Å². The van der Waals surface area contributed by atoms with Crippen LogP contribution in [0.2, 0.25) is 5.02 Å². The van der Waals surface area contributed by atoms with Crippen LogP contribution in [0.5, 0.6) is 12.0 Å². The van der Waals surface area contributed by atoms with E-state index < -0.39 is 34.0 Å². The Bertz CT molecular complexity index is 1090. The molecule has 2 heterocycles. The van der Waals surface area contributed by atoms with Gasteiger partial charge in [0.2, 0.25) is 10.0 Å². The first-order valence-electron chi connectivity index (χ1n) is 8.33. The van der Waals surface area contributed by atoms with Crippen LogP contribution in [0.1, 0.15) is 17.3 Å². The molecule has 0 saturated heterocycles. The Morgan fingerprint density at radius 1 is 1.20 bits per heavy atom. The summed E-state index contributed by atoms with van der Waals surface area (Å²) < 4.78 is 60.8. The summed E-state index contributed by atoms with van der Waals surface area (Å²) in [7, 11) is -1.77. The maximum Gasteiger partial charge on any atom is 0.322 e. The molecule has 1 atom stereocenters. The normalized spacial score (nSPS) is 16.4. The van der Waals surface area contributed by atoms with Crippen LogP contribution in [-0.4, -0.2) is 55.7 Å². The van der Waals surface area contributed by atoms with Gasteiger partial charge in [0.05, 0.1) is 30.7 Å². The second-order valence-corrected chi connectivity index (χ2v) is 8.19. The number of hydrogen-bond donors (Lipinski definition) is 0. The minimum atomic E-state index is -4.37. The molecule has 3 rings (SSSR count). The molecular weight excluding hydrogens is 446 g/mol. The van der Waals surface area contributed by atoms with Crippen LogP contribution in [0.15, 0.2) is 30.4 Å². The molecular formula is C17H15ClF2N4O5S. The summed E-state index contributed by atoms with van der Waals surface area (Å²) >= 11 is 6.19. The molecule has 0 N–H and O–H groups in total. The highest BCUT2D eigenvalue weighted by Crippen LogP contribution is 2.45. The van der Waals surface area contributed by atoms with Crippen LogP contribution in [0.4, 0.5) is 14.5 Å². The average molecular weight is 461 g/mol. The highest BCUT2D eigenvalue weighted by molar-refractivity contribution is 7.93. The van der Waals surface area contributed by atoms with Gasteiger partial charge in [0.1, 0.15) is 5.92 Å². The Morgan fingerprint density at radius 2 is 1.83 bits per heavy atom. The van der Waals surface area contributed by atoms with Crippen LogP contribution in [0, 0.1) is 0 Å². The molecule has 0 spiro atoms. The van der Waals surface area contributed by atoms with Gasteiger partial charge in [-0.05, 0) is 17.7 Å². The van der Waals surface area contributed by atoms with E-state index in [0.29, 0.717) is 10.4 Å². The quantitative estimate of drug-likeness (QED) is 0.578. The van der Waals surface area contributed by atoms with E-state index in [-0.39, 0.29) is 34.1 Å². The van der Waals surface area contributed by atoms with E-state index >= 15 is 0 Å². The molecule has 1 amide bonds. The van der Waals surface area contributed by atoms with Gasteiger partial charge >= 0.3 is 12.0 Å². The molecule has 30 heavy (non-hydrogen) atoms. The summed E-state index contributed by atoms with van der Waals surface area (Å²) in [6, 6.07) is 4.15. The Hall–Kier alpha value is -2.86. The second-order valence-electron chi connectivity index (χ2n) is 5.92. The molecule has 0 radical (unpaired) electrons. The summed E-state index contributed by atoms with van der Waals surface area (Å²) in [6.07, 6.45) is -1.64. The van der Waals surface area contributed by atoms with Crippen molar-refractivity contribution >= 4 is 33.2 Å². The first kappa shape index (κ1) is 21.8. The fraction of sp³-hybridized carbons (Fsp3) is 0.294. The van der Waals surface area contributed by atoms with Gasteiger partial charge in [0, 0.05) is 0 Å². The van der Waals surface area contributed by atoms with Crippen LogP contribution in [-0.2, 0) is 14.8 Å². The molecule has 0 saturated carbocycles. The number of halogens is 3. The van der Waals surface area contributed by atoms with Crippen LogP contribution < -0.4 is 13.8 Å². The van der Waals surface area contributed by atoms with Crippen molar-refractivity contribution in [3.05, 3.63) is 46.8 Å². The van der Waals surface area contributed by atoms with E-state index in [0.717, 1.165) is 6.08 Å². The number of allylic oxidation sites excluding steroid dienone is 1. The highest BCUT2D eigenvalue weighted by atomic mass is 35.5. The van der Waals surface area contributed by atoms with Crippen molar-refractivity contribution in [3.63, 3.8) is 0 Å². The molecule has 0 fully saturated rings. The van der Waals surface area contributed by atoms with Gasteiger partial charge in [0.15, 0.2) is 5.82 Å². The number of amides is 1. The number of methoxy groups -OCH3 is 2. The molecule has 0 bridgehead atoms. The zero-order valence-corrected chi connectivity index (χ0v) is 17.2. The third-order valence-corrected chi connectivity index (χ3v) is 5.92. The van der Waals surface area contributed by atoms with Gasteiger partial charge < -0.3 is 9.47 Å². The average Bonchev–Trinajstić information content (AvgIpc) is 3.01.